The van der Waals surface area contributed by atoms with E-state index in [-0.39, 0.29) is 5.75 Å². The van der Waals surface area contributed by atoms with Crippen molar-refractivity contribution < 1.29 is 13.5 Å². The van der Waals surface area contributed by atoms with Gasteiger partial charge in [-0.2, -0.15) is 8.78 Å². The summed E-state index contributed by atoms with van der Waals surface area (Å²) in [5.41, 5.74) is 0.604. The molecule has 5 heteroatoms. The monoisotopic (exact) mass is 273 g/mol. The Kier molecular flexibility index (Phi) is 6.48. The van der Waals surface area contributed by atoms with Crippen molar-refractivity contribution in [3.8, 4) is 17.6 Å². The number of nitrogens with one attached hydrogen (secondary N) is 1. The van der Waals surface area contributed by atoms with Gasteiger partial charge in [-0.15, -0.1) is 11.8 Å². The van der Waals surface area contributed by atoms with E-state index in [1.54, 1.807) is 13.0 Å². The third-order valence-electron chi connectivity index (χ3n) is 2.16. The molecular weight excluding hydrogens is 260 g/mol. The van der Waals surface area contributed by atoms with E-state index < -0.39 is 6.61 Å². The molecular formula is C13H14ClF2NO. The average Bonchev–Trinajstić information content (AvgIpc) is 2.31. The third kappa shape index (κ3) is 5.35. The van der Waals surface area contributed by atoms with Crippen LogP contribution in [-0.4, -0.2) is 13.2 Å². The van der Waals surface area contributed by atoms with Crippen LogP contribution >= 0.6 is 11.6 Å². The summed E-state index contributed by atoms with van der Waals surface area (Å²) in [6, 6.07) is 4.57. The number of alkyl halides is 2. The number of ether oxygens (including phenoxy) is 1. The number of benzene rings is 1. The van der Waals surface area contributed by atoms with Crippen molar-refractivity contribution >= 4 is 11.6 Å². The maximum absolute atomic E-state index is 12.2. The summed E-state index contributed by atoms with van der Waals surface area (Å²) in [6.07, 6.45) is 0.710. The normalized spacial score (nSPS) is 10.1. The lowest BCUT2D eigenvalue weighted by atomic mass is 10.2. The number of hydrogen-bond donors (Lipinski definition) is 1. The zero-order valence-electron chi connectivity index (χ0n) is 9.97. The lowest BCUT2D eigenvalue weighted by molar-refractivity contribution is -0.0504. The van der Waals surface area contributed by atoms with Crippen LogP contribution in [0.15, 0.2) is 18.2 Å². The second-order valence-electron chi connectivity index (χ2n) is 3.48. The van der Waals surface area contributed by atoms with Crippen molar-refractivity contribution in [1.29, 1.82) is 0 Å². The molecule has 0 saturated carbocycles. The summed E-state index contributed by atoms with van der Waals surface area (Å²) >= 11 is 5.82. The van der Waals surface area contributed by atoms with Crippen LogP contribution in [0.1, 0.15) is 18.9 Å². The summed E-state index contributed by atoms with van der Waals surface area (Å²) in [5.74, 6) is 5.82. The first-order valence-electron chi connectivity index (χ1n) is 5.47. The molecule has 0 amide bonds. The molecule has 0 spiro atoms. The quantitative estimate of drug-likeness (QED) is 0.633. The van der Waals surface area contributed by atoms with Gasteiger partial charge in [0.05, 0.1) is 0 Å². The second-order valence-corrected chi connectivity index (χ2v) is 3.92. The molecule has 0 heterocycles. The maximum Gasteiger partial charge on any atom is 0.387 e. The van der Waals surface area contributed by atoms with Crippen LogP contribution in [-0.2, 0) is 6.54 Å². The fourth-order valence-corrected chi connectivity index (χ4v) is 1.59. The summed E-state index contributed by atoms with van der Waals surface area (Å²) in [4.78, 5) is 0. The Morgan fingerprint density at radius 1 is 1.44 bits per heavy atom. The fraction of sp³-hybridized carbons (Fsp3) is 0.385. The minimum Gasteiger partial charge on any atom is -0.434 e. The molecule has 18 heavy (non-hydrogen) atoms. The SMILES string of the molecule is CC#CCCNCc1cc(Cl)ccc1OC(F)F. The van der Waals surface area contributed by atoms with Gasteiger partial charge in [-0.1, -0.05) is 11.6 Å². The summed E-state index contributed by atoms with van der Waals surface area (Å²) in [7, 11) is 0. The first-order chi connectivity index (χ1) is 8.63. The molecule has 0 aliphatic rings. The van der Waals surface area contributed by atoms with Gasteiger partial charge in [0.1, 0.15) is 5.75 Å². The average molecular weight is 274 g/mol. The first kappa shape index (κ1) is 14.7. The van der Waals surface area contributed by atoms with Crippen LogP contribution in [0.4, 0.5) is 8.78 Å². The van der Waals surface area contributed by atoms with Crippen molar-refractivity contribution in [2.24, 2.45) is 0 Å². The van der Waals surface area contributed by atoms with Crippen LogP contribution < -0.4 is 10.1 Å². The smallest absolute Gasteiger partial charge is 0.387 e. The Morgan fingerprint density at radius 2 is 2.22 bits per heavy atom. The van der Waals surface area contributed by atoms with E-state index in [9.17, 15) is 8.78 Å². The molecule has 1 aromatic carbocycles. The van der Waals surface area contributed by atoms with Crippen LogP contribution in [0.2, 0.25) is 5.02 Å². The van der Waals surface area contributed by atoms with Crippen LogP contribution in [0.25, 0.3) is 0 Å². The topological polar surface area (TPSA) is 21.3 Å². The maximum atomic E-state index is 12.2. The Balaban J connectivity index is 2.60. The highest BCUT2D eigenvalue weighted by atomic mass is 35.5. The minimum atomic E-state index is -2.84. The molecule has 0 aliphatic carbocycles. The predicted octanol–water partition coefficient (Wildman–Crippen LogP) is 3.44. The highest BCUT2D eigenvalue weighted by molar-refractivity contribution is 6.30. The Labute approximate surface area is 110 Å². The van der Waals surface area contributed by atoms with E-state index in [1.807, 2.05) is 0 Å². The molecule has 1 rings (SSSR count). The fourth-order valence-electron chi connectivity index (χ4n) is 1.40. The van der Waals surface area contributed by atoms with E-state index in [4.69, 9.17) is 11.6 Å². The predicted molar refractivity (Wildman–Crippen MR) is 67.9 cm³/mol. The van der Waals surface area contributed by atoms with Gasteiger partial charge >= 0.3 is 6.61 Å². The number of rotatable bonds is 6. The van der Waals surface area contributed by atoms with E-state index in [1.165, 1.54) is 12.1 Å². The molecule has 0 bridgehead atoms. The highest BCUT2D eigenvalue weighted by Crippen LogP contribution is 2.24. The van der Waals surface area contributed by atoms with E-state index in [0.29, 0.717) is 30.1 Å². The van der Waals surface area contributed by atoms with Gasteiger partial charge in [-0.05, 0) is 25.1 Å². The minimum absolute atomic E-state index is 0.142. The molecule has 0 radical (unpaired) electrons. The molecule has 1 N–H and O–H groups in total. The molecule has 0 aromatic heterocycles. The van der Waals surface area contributed by atoms with Crippen molar-refractivity contribution in [2.45, 2.75) is 26.5 Å². The van der Waals surface area contributed by atoms with Gasteiger partial charge in [0.15, 0.2) is 0 Å². The van der Waals surface area contributed by atoms with E-state index >= 15 is 0 Å². The molecule has 1 aromatic rings. The lowest BCUT2D eigenvalue weighted by Crippen LogP contribution is -2.15. The lowest BCUT2D eigenvalue weighted by Gasteiger charge is -2.11. The molecule has 2 nitrogen and oxygen atoms in total. The van der Waals surface area contributed by atoms with Gasteiger partial charge < -0.3 is 10.1 Å². The molecule has 0 saturated heterocycles. The van der Waals surface area contributed by atoms with Crippen molar-refractivity contribution in [1.82, 2.24) is 5.32 Å². The van der Waals surface area contributed by atoms with Gasteiger partial charge in [0, 0.05) is 30.1 Å². The van der Waals surface area contributed by atoms with Gasteiger partial charge in [0.2, 0.25) is 0 Å². The van der Waals surface area contributed by atoms with Crippen molar-refractivity contribution in [3.63, 3.8) is 0 Å². The molecule has 0 aliphatic heterocycles. The Hall–Kier alpha value is -1.31. The molecule has 0 fully saturated rings. The van der Waals surface area contributed by atoms with Crippen molar-refractivity contribution in [2.75, 3.05) is 6.54 Å². The summed E-state index contributed by atoms with van der Waals surface area (Å²) in [6.45, 7) is 0.0250. The zero-order chi connectivity index (χ0) is 13.4. The van der Waals surface area contributed by atoms with E-state index in [2.05, 4.69) is 21.9 Å². The van der Waals surface area contributed by atoms with Crippen LogP contribution in [0.3, 0.4) is 0 Å². The third-order valence-corrected chi connectivity index (χ3v) is 2.39. The molecule has 0 atom stereocenters. The number of halogens is 3. The standard InChI is InChI=1S/C13H14ClF2NO/c1-2-3-4-7-17-9-10-8-11(14)5-6-12(10)18-13(15)16/h5-6,8,13,17H,4,7,9H2,1H3. The summed E-state index contributed by atoms with van der Waals surface area (Å²) < 4.78 is 28.8. The Morgan fingerprint density at radius 3 is 2.89 bits per heavy atom. The van der Waals surface area contributed by atoms with Gasteiger partial charge in [-0.25, -0.2) is 0 Å². The largest absolute Gasteiger partial charge is 0.434 e. The summed E-state index contributed by atoms with van der Waals surface area (Å²) in [5, 5.41) is 3.58. The molecule has 98 valence electrons. The Bertz CT molecular complexity index is 440. The van der Waals surface area contributed by atoms with Crippen molar-refractivity contribution in [3.05, 3.63) is 28.8 Å². The highest BCUT2D eigenvalue weighted by Gasteiger charge is 2.09. The van der Waals surface area contributed by atoms with E-state index in [0.717, 1.165) is 0 Å². The van der Waals surface area contributed by atoms with Gasteiger partial charge in [0.25, 0.3) is 0 Å². The zero-order valence-corrected chi connectivity index (χ0v) is 10.7. The molecule has 0 unspecified atom stereocenters. The second kappa shape index (κ2) is 7.91. The van der Waals surface area contributed by atoms with Crippen LogP contribution in [0, 0.1) is 11.8 Å². The van der Waals surface area contributed by atoms with Gasteiger partial charge in [-0.3, -0.25) is 0 Å². The number of hydrogen-bond acceptors (Lipinski definition) is 2. The van der Waals surface area contributed by atoms with Crippen LogP contribution in [0.5, 0.6) is 5.75 Å². The first-order valence-corrected chi connectivity index (χ1v) is 5.85.